The molecule has 2 N–H and O–H groups in total. The highest BCUT2D eigenvalue weighted by atomic mass is 79.9. The molecule has 0 saturated carbocycles. The summed E-state index contributed by atoms with van der Waals surface area (Å²) in [7, 11) is 1.32. The summed E-state index contributed by atoms with van der Waals surface area (Å²) < 4.78 is 10.7. The second-order valence-electron chi connectivity index (χ2n) is 3.34. The predicted molar refractivity (Wildman–Crippen MR) is 64.3 cm³/mol. The van der Waals surface area contributed by atoms with E-state index in [0.717, 1.165) is 10.0 Å². The Labute approximate surface area is 103 Å². The van der Waals surface area contributed by atoms with Gasteiger partial charge in [0.2, 0.25) is 0 Å². The molecule has 1 aromatic carbocycles. The third kappa shape index (κ3) is 3.50. The molecule has 0 bridgehead atoms. The number of ether oxygens (including phenoxy) is 2. The first-order valence-electron chi connectivity index (χ1n) is 4.79. The van der Waals surface area contributed by atoms with Gasteiger partial charge in [0.15, 0.2) is 6.61 Å². The molecule has 0 aromatic heterocycles. The number of halogens is 1. The van der Waals surface area contributed by atoms with Crippen molar-refractivity contribution in [3.05, 3.63) is 28.2 Å². The summed E-state index contributed by atoms with van der Waals surface area (Å²) in [6.07, 6.45) is 0. The molecule has 0 radical (unpaired) electrons. The first kappa shape index (κ1) is 13.0. The van der Waals surface area contributed by atoms with E-state index in [1.807, 2.05) is 19.1 Å². The Morgan fingerprint density at radius 1 is 1.56 bits per heavy atom. The number of nitrogens with two attached hydrogens (primary N) is 1. The summed E-state index contributed by atoms with van der Waals surface area (Å²) in [6.45, 7) is 1.74. The van der Waals surface area contributed by atoms with Crippen molar-refractivity contribution >= 4 is 21.9 Å². The van der Waals surface area contributed by atoms with Crippen LogP contribution in [0.1, 0.15) is 18.5 Å². The molecule has 0 unspecified atom stereocenters. The van der Waals surface area contributed by atoms with Crippen LogP contribution in [0.3, 0.4) is 0 Å². The van der Waals surface area contributed by atoms with Crippen LogP contribution in [0.2, 0.25) is 0 Å². The van der Waals surface area contributed by atoms with Crippen molar-refractivity contribution in [2.45, 2.75) is 13.0 Å². The van der Waals surface area contributed by atoms with Crippen LogP contribution in [0.25, 0.3) is 0 Å². The Morgan fingerprint density at radius 3 is 2.81 bits per heavy atom. The van der Waals surface area contributed by atoms with Crippen molar-refractivity contribution in [2.24, 2.45) is 5.73 Å². The number of carbonyl (C=O) groups is 1. The minimum atomic E-state index is -0.421. The van der Waals surface area contributed by atoms with Crippen molar-refractivity contribution < 1.29 is 14.3 Å². The van der Waals surface area contributed by atoms with E-state index in [2.05, 4.69) is 20.7 Å². The van der Waals surface area contributed by atoms with Crippen molar-refractivity contribution in [3.63, 3.8) is 0 Å². The number of carbonyl (C=O) groups excluding carboxylic acids is 1. The fraction of sp³-hybridized carbons (Fsp3) is 0.364. The number of hydrogen-bond acceptors (Lipinski definition) is 4. The molecule has 0 saturated heterocycles. The third-order valence-corrected chi connectivity index (χ3v) is 2.53. The summed E-state index contributed by atoms with van der Waals surface area (Å²) in [5.74, 6) is 0.172. The van der Waals surface area contributed by atoms with Gasteiger partial charge in [0.05, 0.1) is 7.11 Å². The summed E-state index contributed by atoms with van der Waals surface area (Å²) in [5.41, 5.74) is 6.65. The topological polar surface area (TPSA) is 61.5 Å². The van der Waals surface area contributed by atoms with E-state index in [1.165, 1.54) is 7.11 Å². The number of methoxy groups -OCH3 is 1. The Bertz CT molecular complexity index is 379. The normalized spacial score (nSPS) is 12.0. The van der Waals surface area contributed by atoms with Crippen LogP contribution < -0.4 is 10.5 Å². The maximum atomic E-state index is 11.0. The average Bonchev–Trinajstić information content (AvgIpc) is 2.25. The molecule has 88 valence electrons. The van der Waals surface area contributed by atoms with Crippen molar-refractivity contribution in [1.82, 2.24) is 0 Å². The zero-order chi connectivity index (χ0) is 12.1. The van der Waals surface area contributed by atoms with Crippen molar-refractivity contribution in [3.8, 4) is 5.75 Å². The van der Waals surface area contributed by atoms with Gasteiger partial charge < -0.3 is 15.2 Å². The van der Waals surface area contributed by atoms with Crippen LogP contribution in [0.15, 0.2) is 22.7 Å². The molecule has 1 atom stereocenters. The molecular formula is C11H14BrNO3. The molecular weight excluding hydrogens is 274 g/mol. The molecule has 0 aliphatic heterocycles. The lowest BCUT2D eigenvalue weighted by molar-refractivity contribution is -0.142. The minimum absolute atomic E-state index is 0.118. The van der Waals surface area contributed by atoms with Crippen LogP contribution in [-0.4, -0.2) is 19.7 Å². The van der Waals surface area contributed by atoms with Gasteiger partial charge in [0, 0.05) is 16.1 Å². The highest BCUT2D eigenvalue weighted by Gasteiger charge is 2.10. The molecule has 0 heterocycles. The van der Waals surface area contributed by atoms with E-state index in [-0.39, 0.29) is 12.6 Å². The lowest BCUT2D eigenvalue weighted by Crippen LogP contribution is -2.15. The highest BCUT2D eigenvalue weighted by Crippen LogP contribution is 2.27. The molecule has 0 fully saturated rings. The zero-order valence-corrected chi connectivity index (χ0v) is 10.8. The maximum absolute atomic E-state index is 11.0. The van der Waals surface area contributed by atoms with Crippen LogP contribution in [0.5, 0.6) is 5.75 Å². The van der Waals surface area contributed by atoms with E-state index in [1.54, 1.807) is 6.07 Å². The highest BCUT2D eigenvalue weighted by molar-refractivity contribution is 9.10. The van der Waals surface area contributed by atoms with Gasteiger partial charge in [-0.3, -0.25) is 0 Å². The molecule has 0 aliphatic carbocycles. The monoisotopic (exact) mass is 287 g/mol. The minimum Gasteiger partial charge on any atom is -0.482 e. The van der Waals surface area contributed by atoms with Crippen LogP contribution >= 0.6 is 15.9 Å². The van der Waals surface area contributed by atoms with E-state index < -0.39 is 5.97 Å². The molecule has 5 heteroatoms. The Kier molecular flexibility index (Phi) is 4.76. The van der Waals surface area contributed by atoms with Crippen molar-refractivity contribution in [1.29, 1.82) is 0 Å². The average molecular weight is 288 g/mol. The molecule has 0 aliphatic rings. The van der Waals surface area contributed by atoms with E-state index >= 15 is 0 Å². The Morgan fingerprint density at radius 2 is 2.25 bits per heavy atom. The number of rotatable bonds is 4. The second kappa shape index (κ2) is 5.86. The fourth-order valence-corrected chi connectivity index (χ4v) is 1.55. The first-order valence-corrected chi connectivity index (χ1v) is 5.58. The van der Waals surface area contributed by atoms with Gasteiger partial charge in [-0.1, -0.05) is 22.0 Å². The number of benzene rings is 1. The first-order chi connectivity index (χ1) is 7.54. The molecule has 4 nitrogen and oxygen atoms in total. The predicted octanol–water partition coefficient (Wildman–Crippen LogP) is 2.02. The maximum Gasteiger partial charge on any atom is 0.343 e. The lowest BCUT2D eigenvalue weighted by atomic mass is 10.1. The zero-order valence-electron chi connectivity index (χ0n) is 9.20. The second-order valence-corrected chi connectivity index (χ2v) is 4.25. The van der Waals surface area contributed by atoms with Crippen LogP contribution in [0, 0.1) is 0 Å². The summed E-state index contributed by atoms with van der Waals surface area (Å²) >= 11 is 3.33. The standard InChI is InChI=1S/C11H14BrNO3/c1-7(13)9-4-3-8(12)5-10(9)16-6-11(14)15-2/h3-5,7H,6,13H2,1-2H3/t7-/m1/s1. The van der Waals surface area contributed by atoms with E-state index in [9.17, 15) is 4.79 Å². The van der Waals surface area contributed by atoms with E-state index in [0.29, 0.717) is 5.75 Å². The smallest absolute Gasteiger partial charge is 0.343 e. The van der Waals surface area contributed by atoms with Gasteiger partial charge in [0.25, 0.3) is 0 Å². The number of esters is 1. The summed E-state index contributed by atoms with van der Waals surface area (Å²) in [6, 6.07) is 5.37. The largest absolute Gasteiger partial charge is 0.482 e. The van der Waals surface area contributed by atoms with Gasteiger partial charge in [0.1, 0.15) is 5.75 Å². The molecule has 0 spiro atoms. The quantitative estimate of drug-likeness (QED) is 0.861. The third-order valence-electron chi connectivity index (χ3n) is 2.04. The van der Waals surface area contributed by atoms with Gasteiger partial charge in [-0.05, 0) is 19.1 Å². The Balaban J connectivity index is 2.84. The van der Waals surface area contributed by atoms with Crippen LogP contribution in [-0.2, 0) is 9.53 Å². The summed E-state index contributed by atoms with van der Waals surface area (Å²) in [4.78, 5) is 11.0. The van der Waals surface area contributed by atoms with Gasteiger partial charge in [-0.25, -0.2) is 4.79 Å². The van der Waals surface area contributed by atoms with E-state index in [4.69, 9.17) is 10.5 Å². The fourth-order valence-electron chi connectivity index (χ4n) is 1.20. The summed E-state index contributed by atoms with van der Waals surface area (Å²) in [5, 5.41) is 0. The Hall–Kier alpha value is -1.07. The SMILES string of the molecule is COC(=O)COc1cc(Br)ccc1[C@@H](C)N. The lowest BCUT2D eigenvalue weighted by Gasteiger charge is -2.13. The molecule has 16 heavy (non-hydrogen) atoms. The molecule has 0 amide bonds. The van der Waals surface area contributed by atoms with Gasteiger partial charge in [-0.15, -0.1) is 0 Å². The van der Waals surface area contributed by atoms with Gasteiger partial charge in [-0.2, -0.15) is 0 Å². The van der Waals surface area contributed by atoms with Crippen LogP contribution in [0.4, 0.5) is 0 Å². The van der Waals surface area contributed by atoms with Crippen molar-refractivity contribution in [2.75, 3.05) is 13.7 Å². The number of hydrogen-bond donors (Lipinski definition) is 1. The molecule has 1 rings (SSSR count). The molecule has 1 aromatic rings. The van der Waals surface area contributed by atoms with Gasteiger partial charge >= 0.3 is 5.97 Å².